The Labute approximate surface area is 144 Å². The molecule has 1 unspecified atom stereocenters. The highest BCUT2D eigenvalue weighted by molar-refractivity contribution is 6.68. The predicted octanol–water partition coefficient (Wildman–Crippen LogP) is 4.70. The molecule has 0 radical (unpaired) electrons. The summed E-state index contributed by atoms with van der Waals surface area (Å²) in [6, 6.07) is 17.8. The first kappa shape index (κ1) is 18.8. The van der Waals surface area contributed by atoms with Gasteiger partial charge in [0.1, 0.15) is 11.9 Å². The smallest absolute Gasteiger partial charge is 0.308 e. The van der Waals surface area contributed by atoms with Crippen molar-refractivity contribution in [3.63, 3.8) is 0 Å². The van der Waals surface area contributed by atoms with Crippen LogP contribution in [0.2, 0.25) is 0 Å². The number of halogens is 3. The Kier molecular flexibility index (Phi) is 7.69. The van der Waals surface area contributed by atoms with E-state index < -0.39 is 9.90 Å². The topological polar surface area (TPSA) is 46.5 Å². The molecule has 0 bridgehead atoms. The first-order chi connectivity index (χ1) is 10.3. The largest absolute Gasteiger partial charge is 0.427 e. The molecule has 0 saturated carbocycles. The molecule has 3 nitrogen and oxygen atoms in total. The monoisotopic (exact) mass is 360 g/mol. The van der Waals surface area contributed by atoms with Crippen molar-refractivity contribution >= 4 is 40.8 Å². The van der Waals surface area contributed by atoms with E-state index in [1.165, 1.54) is 6.92 Å². The molecule has 6 heteroatoms. The summed E-state index contributed by atoms with van der Waals surface area (Å²) in [7, 11) is 0. The molecule has 1 atom stereocenters. The zero-order chi connectivity index (χ0) is 16.6. The molecule has 2 rings (SSSR count). The van der Waals surface area contributed by atoms with Crippen molar-refractivity contribution in [2.24, 2.45) is 0 Å². The highest BCUT2D eigenvalue weighted by Gasteiger charge is 2.31. The fraction of sp³-hybridized carbons (Fsp3) is 0.188. The van der Waals surface area contributed by atoms with Crippen molar-refractivity contribution in [3.8, 4) is 5.75 Å². The van der Waals surface area contributed by atoms with Gasteiger partial charge in [0.15, 0.2) is 0 Å². The number of aliphatic hydroxyl groups is 1. The van der Waals surface area contributed by atoms with Gasteiger partial charge in [-0.05, 0) is 17.7 Å². The molecular weight excluding hydrogens is 347 g/mol. The Morgan fingerprint density at radius 1 is 1.00 bits per heavy atom. The minimum atomic E-state index is -1.67. The number of rotatable bonds is 2. The summed E-state index contributed by atoms with van der Waals surface area (Å²) >= 11 is 16.5. The maximum Gasteiger partial charge on any atom is 0.308 e. The van der Waals surface area contributed by atoms with E-state index in [4.69, 9.17) is 39.5 Å². The molecule has 0 aliphatic rings. The van der Waals surface area contributed by atoms with E-state index in [1.807, 2.05) is 24.3 Å². The Hall–Kier alpha value is -1.26. The van der Waals surface area contributed by atoms with Gasteiger partial charge < -0.3 is 9.84 Å². The quantitative estimate of drug-likeness (QED) is 0.479. The summed E-state index contributed by atoms with van der Waals surface area (Å²) in [5.74, 6) is 0.307. The Morgan fingerprint density at radius 2 is 1.45 bits per heavy atom. The van der Waals surface area contributed by atoms with Crippen LogP contribution in [0.4, 0.5) is 0 Å². The number of carbonyl (C=O) groups is 1. The summed E-state index contributed by atoms with van der Waals surface area (Å²) in [6.07, 6.45) is -1.08. The number of carbonyl (C=O) groups excluding carboxylic acids is 1. The Bertz CT molecular complexity index is 568. The van der Waals surface area contributed by atoms with Crippen LogP contribution in [0.5, 0.6) is 5.75 Å². The van der Waals surface area contributed by atoms with Crippen molar-refractivity contribution < 1.29 is 14.6 Å². The molecule has 0 aliphatic heterocycles. The van der Waals surface area contributed by atoms with Gasteiger partial charge >= 0.3 is 5.97 Å². The van der Waals surface area contributed by atoms with E-state index >= 15 is 0 Å². The van der Waals surface area contributed by atoms with E-state index in [0.29, 0.717) is 11.3 Å². The van der Waals surface area contributed by atoms with Crippen molar-refractivity contribution in [2.45, 2.75) is 16.8 Å². The second-order valence-corrected chi connectivity index (χ2v) is 6.63. The van der Waals surface area contributed by atoms with Crippen molar-refractivity contribution in [1.29, 1.82) is 0 Å². The second kappa shape index (κ2) is 9.01. The molecule has 118 valence electrons. The van der Waals surface area contributed by atoms with Gasteiger partial charge in [-0.15, -0.1) is 0 Å². The minimum Gasteiger partial charge on any atom is -0.427 e. The number of benzene rings is 2. The average molecular weight is 362 g/mol. The average Bonchev–Trinajstić information content (AvgIpc) is 2.47. The molecule has 0 fully saturated rings. The zero-order valence-electron chi connectivity index (χ0n) is 11.7. The summed E-state index contributed by atoms with van der Waals surface area (Å²) < 4.78 is 3.11. The van der Waals surface area contributed by atoms with Gasteiger partial charge in [-0.3, -0.25) is 4.79 Å². The lowest BCUT2D eigenvalue weighted by molar-refractivity contribution is -0.131. The van der Waals surface area contributed by atoms with E-state index in [2.05, 4.69) is 0 Å². The molecule has 0 heterocycles. The SMILES string of the molecule is CC(=O)Oc1ccccc1.OC(c1ccccc1)C(Cl)(Cl)Cl. The van der Waals surface area contributed by atoms with Crippen LogP contribution >= 0.6 is 34.8 Å². The van der Waals surface area contributed by atoms with Crippen LogP contribution in [-0.4, -0.2) is 14.9 Å². The number of para-hydroxylation sites is 1. The number of hydrogen-bond acceptors (Lipinski definition) is 3. The zero-order valence-corrected chi connectivity index (χ0v) is 14.0. The molecule has 0 amide bonds. The van der Waals surface area contributed by atoms with E-state index in [0.717, 1.165) is 0 Å². The molecular formula is C16H15Cl3O3. The van der Waals surface area contributed by atoms with Crippen LogP contribution in [0, 0.1) is 0 Å². The number of esters is 1. The molecule has 2 aromatic rings. The molecule has 0 saturated heterocycles. The lowest BCUT2D eigenvalue weighted by Gasteiger charge is -2.18. The summed E-state index contributed by atoms with van der Waals surface area (Å²) in [5.41, 5.74) is 0.595. The Balaban J connectivity index is 0.000000224. The molecule has 2 aromatic carbocycles. The van der Waals surface area contributed by atoms with Crippen LogP contribution in [-0.2, 0) is 4.79 Å². The van der Waals surface area contributed by atoms with Crippen LogP contribution < -0.4 is 4.74 Å². The van der Waals surface area contributed by atoms with Gasteiger partial charge in [-0.1, -0.05) is 83.3 Å². The third kappa shape index (κ3) is 7.14. The molecule has 22 heavy (non-hydrogen) atoms. The molecule has 0 aliphatic carbocycles. The van der Waals surface area contributed by atoms with Gasteiger partial charge in [-0.2, -0.15) is 0 Å². The summed E-state index contributed by atoms with van der Waals surface area (Å²) in [5, 5.41) is 9.46. The summed E-state index contributed by atoms with van der Waals surface area (Å²) in [4.78, 5) is 10.4. The lowest BCUT2D eigenvalue weighted by Crippen LogP contribution is -2.15. The predicted molar refractivity (Wildman–Crippen MR) is 89.4 cm³/mol. The van der Waals surface area contributed by atoms with Gasteiger partial charge in [-0.25, -0.2) is 0 Å². The standard InChI is InChI=1S/C8H7Cl3O.C8H8O2/c9-8(10,11)7(12)6-4-2-1-3-5-6;1-7(9)10-8-5-3-2-4-6-8/h1-5,7,12H;2-6H,1H3. The van der Waals surface area contributed by atoms with E-state index in [9.17, 15) is 9.90 Å². The van der Waals surface area contributed by atoms with Gasteiger partial charge in [0.2, 0.25) is 3.79 Å². The number of alkyl halides is 3. The second-order valence-electron chi connectivity index (χ2n) is 4.26. The maximum atomic E-state index is 10.4. The lowest BCUT2D eigenvalue weighted by atomic mass is 10.1. The third-order valence-corrected chi connectivity index (χ3v) is 3.05. The third-order valence-electron chi connectivity index (χ3n) is 2.43. The summed E-state index contributed by atoms with van der Waals surface area (Å²) in [6.45, 7) is 1.38. The number of aliphatic hydroxyl groups excluding tert-OH is 1. The maximum absolute atomic E-state index is 10.4. The van der Waals surface area contributed by atoms with Crippen LogP contribution in [0.3, 0.4) is 0 Å². The molecule has 1 N–H and O–H groups in total. The highest BCUT2D eigenvalue weighted by atomic mass is 35.6. The van der Waals surface area contributed by atoms with Gasteiger partial charge in [0, 0.05) is 6.92 Å². The normalized spacial score (nSPS) is 11.9. The minimum absolute atomic E-state index is 0.286. The van der Waals surface area contributed by atoms with E-state index in [-0.39, 0.29) is 5.97 Å². The Morgan fingerprint density at radius 3 is 1.86 bits per heavy atom. The molecule has 0 spiro atoms. The number of ether oxygens (including phenoxy) is 1. The van der Waals surface area contributed by atoms with Crippen molar-refractivity contribution in [1.82, 2.24) is 0 Å². The van der Waals surface area contributed by atoms with Crippen LogP contribution in [0.15, 0.2) is 60.7 Å². The fourth-order valence-electron chi connectivity index (χ4n) is 1.48. The van der Waals surface area contributed by atoms with Gasteiger partial charge in [0.25, 0.3) is 0 Å². The van der Waals surface area contributed by atoms with Crippen molar-refractivity contribution in [3.05, 3.63) is 66.2 Å². The first-order valence-corrected chi connectivity index (χ1v) is 7.47. The molecule has 0 aromatic heterocycles. The van der Waals surface area contributed by atoms with Crippen molar-refractivity contribution in [2.75, 3.05) is 0 Å². The van der Waals surface area contributed by atoms with E-state index in [1.54, 1.807) is 36.4 Å². The number of hydrogen-bond donors (Lipinski definition) is 1. The highest BCUT2D eigenvalue weighted by Crippen LogP contribution is 2.39. The fourth-order valence-corrected chi connectivity index (χ4v) is 1.86. The van der Waals surface area contributed by atoms with Gasteiger partial charge in [0.05, 0.1) is 0 Å². The van der Waals surface area contributed by atoms with Crippen LogP contribution in [0.25, 0.3) is 0 Å². The van der Waals surface area contributed by atoms with Crippen LogP contribution in [0.1, 0.15) is 18.6 Å². The first-order valence-electron chi connectivity index (χ1n) is 6.34.